The monoisotopic (exact) mass is 157 g/mol. The molecule has 64 valence electrons. The molecule has 3 heteroatoms. The fraction of sp³-hybridized carbons (Fsp3) is 0.875. The molecule has 0 aliphatic carbocycles. The van der Waals surface area contributed by atoms with Gasteiger partial charge in [0.15, 0.2) is 0 Å². The van der Waals surface area contributed by atoms with Gasteiger partial charge in [0.05, 0.1) is 12.6 Å². The summed E-state index contributed by atoms with van der Waals surface area (Å²) in [6, 6.07) is 0. The Morgan fingerprint density at radius 1 is 1.73 bits per heavy atom. The number of aliphatic hydroxyl groups excluding tert-OH is 1. The first-order valence-electron chi connectivity index (χ1n) is 4.08. The van der Waals surface area contributed by atoms with Crippen molar-refractivity contribution in [3.8, 4) is 0 Å². The average Bonchev–Trinajstić information content (AvgIpc) is 1.98. The number of likely N-dealkylation sites (tertiary alicyclic amines) is 1. The van der Waals surface area contributed by atoms with E-state index in [1.165, 1.54) is 0 Å². The molecule has 11 heavy (non-hydrogen) atoms. The van der Waals surface area contributed by atoms with Crippen molar-refractivity contribution in [2.45, 2.75) is 19.4 Å². The van der Waals surface area contributed by atoms with Crippen LogP contribution < -0.4 is 0 Å². The Morgan fingerprint density at radius 2 is 2.45 bits per heavy atom. The van der Waals surface area contributed by atoms with Crippen LogP contribution in [0.1, 0.15) is 13.3 Å². The summed E-state index contributed by atoms with van der Waals surface area (Å²) in [6.45, 7) is 4.23. The van der Waals surface area contributed by atoms with Crippen molar-refractivity contribution in [2.75, 3.05) is 19.6 Å². The maximum Gasteiger partial charge on any atom is 0.133 e. The van der Waals surface area contributed by atoms with Gasteiger partial charge < -0.3 is 9.90 Å². The Balaban J connectivity index is 2.33. The van der Waals surface area contributed by atoms with Crippen molar-refractivity contribution in [1.29, 1.82) is 0 Å². The minimum atomic E-state index is -0.169. The molecule has 1 N–H and O–H groups in total. The minimum absolute atomic E-state index is 0.169. The summed E-state index contributed by atoms with van der Waals surface area (Å²) in [5.41, 5.74) is 0. The number of carbonyl (C=O) groups is 1. The molecule has 1 rings (SSSR count). The highest BCUT2D eigenvalue weighted by molar-refractivity contribution is 5.51. The molecule has 0 aromatic heterocycles. The maximum atomic E-state index is 10.2. The van der Waals surface area contributed by atoms with Gasteiger partial charge in [-0.25, -0.2) is 0 Å². The van der Waals surface area contributed by atoms with Gasteiger partial charge in [-0.05, 0) is 12.3 Å². The molecule has 0 saturated carbocycles. The standard InChI is InChI=1S/C8H15NO2/c1-7-6-9(4-5-10)3-2-8(7)11/h5,7-8,11H,2-4,6H2,1H3. The van der Waals surface area contributed by atoms with E-state index in [4.69, 9.17) is 0 Å². The fourth-order valence-corrected chi connectivity index (χ4v) is 1.49. The summed E-state index contributed by atoms with van der Waals surface area (Å²) < 4.78 is 0. The lowest BCUT2D eigenvalue weighted by Crippen LogP contribution is -2.42. The molecule has 2 unspecified atom stereocenters. The van der Waals surface area contributed by atoms with Gasteiger partial charge in [-0.1, -0.05) is 6.92 Å². The number of hydrogen-bond donors (Lipinski definition) is 1. The molecule has 1 aliphatic heterocycles. The average molecular weight is 157 g/mol. The molecule has 0 radical (unpaired) electrons. The molecular formula is C8H15NO2. The number of carbonyl (C=O) groups excluding carboxylic acids is 1. The molecule has 1 aliphatic rings. The van der Waals surface area contributed by atoms with Crippen LogP contribution in [-0.2, 0) is 4.79 Å². The molecule has 1 saturated heterocycles. The van der Waals surface area contributed by atoms with E-state index in [9.17, 15) is 9.90 Å². The van der Waals surface area contributed by atoms with Crippen LogP contribution in [0.5, 0.6) is 0 Å². The Bertz CT molecular complexity index is 138. The second kappa shape index (κ2) is 3.83. The van der Waals surface area contributed by atoms with Crippen molar-refractivity contribution in [2.24, 2.45) is 5.92 Å². The molecule has 1 heterocycles. The van der Waals surface area contributed by atoms with Crippen molar-refractivity contribution in [3.63, 3.8) is 0 Å². The highest BCUT2D eigenvalue weighted by atomic mass is 16.3. The summed E-state index contributed by atoms with van der Waals surface area (Å²) in [7, 11) is 0. The summed E-state index contributed by atoms with van der Waals surface area (Å²) >= 11 is 0. The van der Waals surface area contributed by atoms with Crippen molar-refractivity contribution in [3.05, 3.63) is 0 Å². The number of nitrogens with zero attached hydrogens (tertiary/aromatic N) is 1. The van der Waals surface area contributed by atoms with E-state index < -0.39 is 0 Å². The lowest BCUT2D eigenvalue weighted by Gasteiger charge is -2.32. The van der Waals surface area contributed by atoms with Gasteiger partial charge in [0.25, 0.3) is 0 Å². The topological polar surface area (TPSA) is 40.5 Å². The van der Waals surface area contributed by atoms with E-state index in [2.05, 4.69) is 4.90 Å². The fourth-order valence-electron chi connectivity index (χ4n) is 1.49. The lowest BCUT2D eigenvalue weighted by atomic mass is 9.97. The third-order valence-electron chi connectivity index (χ3n) is 2.28. The summed E-state index contributed by atoms with van der Waals surface area (Å²) in [4.78, 5) is 12.2. The largest absolute Gasteiger partial charge is 0.393 e. The zero-order valence-electron chi connectivity index (χ0n) is 6.86. The Hall–Kier alpha value is -0.410. The van der Waals surface area contributed by atoms with Gasteiger partial charge in [-0.2, -0.15) is 0 Å². The van der Waals surface area contributed by atoms with Crippen molar-refractivity contribution >= 4 is 6.29 Å². The zero-order chi connectivity index (χ0) is 8.27. The highest BCUT2D eigenvalue weighted by Gasteiger charge is 2.23. The first kappa shape index (κ1) is 8.68. The van der Waals surface area contributed by atoms with Crippen LogP contribution in [0.3, 0.4) is 0 Å². The van der Waals surface area contributed by atoms with Crippen LogP contribution in [0.15, 0.2) is 0 Å². The van der Waals surface area contributed by atoms with Crippen molar-refractivity contribution < 1.29 is 9.90 Å². The summed E-state index contributed by atoms with van der Waals surface area (Å²) in [5.74, 6) is 0.309. The summed E-state index contributed by atoms with van der Waals surface area (Å²) in [5, 5.41) is 9.35. The molecule has 3 nitrogen and oxygen atoms in total. The number of rotatable bonds is 2. The van der Waals surface area contributed by atoms with Crippen LogP contribution in [0.2, 0.25) is 0 Å². The van der Waals surface area contributed by atoms with E-state index in [0.717, 1.165) is 25.8 Å². The van der Waals surface area contributed by atoms with Gasteiger partial charge >= 0.3 is 0 Å². The molecule has 2 atom stereocenters. The van der Waals surface area contributed by atoms with Gasteiger partial charge in [-0.15, -0.1) is 0 Å². The normalized spacial score (nSPS) is 33.6. The Labute approximate surface area is 67.0 Å². The van der Waals surface area contributed by atoms with Gasteiger partial charge in [0, 0.05) is 13.1 Å². The second-order valence-electron chi connectivity index (χ2n) is 3.26. The predicted molar refractivity (Wildman–Crippen MR) is 42.3 cm³/mol. The van der Waals surface area contributed by atoms with Gasteiger partial charge in [-0.3, -0.25) is 4.90 Å². The van der Waals surface area contributed by atoms with Crippen LogP contribution in [0.4, 0.5) is 0 Å². The summed E-state index contributed by atoms with van der Waals surface area (Å²) in [6.07, 6.45) is 1.55. The molecule has 1 fully saturated rings. The molecule has 0 aromatic rings. The molecule has 0 spiro atoms. The smallest absolute Gasteiger partial charge is 0.133 e. The Kier molecular flexibility index (Phi) is 3.02. The number of aldehydes is 1. The zero-order valence-corrected chi connectivity index (χ0v) is 6.86. The van der Waals surface area contributed by atoms with Crippen LogP contribution in [0.25, 0.3) is 0 Å². The molecule has 0 bridgehead atoms. The van der Waals surface area contributed by atoms with Crippen molar-refractivity contribution in [1.82, 2.24) is 4.90 Å². The third kappa shape index (κ3) is 2.27. The predicted octanol–water partition coefficient (Wildman–Crippen LogP) is -0.112. The number of aliphatic hydroxyl groups is 1. The van der Waals surface area contributed by atoms with E-state index in [1.54, 1.807) is 0 Å². The van der Waals surface area contributed by atoms with Crippen LogP contribution in [0, 0.1) is 5.92 Å². The number of piperidine rings is 1. The van der Waals surface area contributed by atoms with Crippen LogP contribution in [-0.4, -0.2) is 42.0 Å². The van der Waals surface area contributed by atoms with E-state index in [-0.39, 0.29) is 6.10 Å². The van der Waals surface area contributed by atoms with E-state index in [1.807, 2.05) is 6.92 Å². The molecular weight excluding hydrogens is 142 g/mol. The van der Waals surface area contributed by atoms with Gasteiger partial charge in [0.1, 0.15) is 6.29 Å². The first-order chi connectivity index (χ1) is 5.24. The van der Waals surface area contributed by atoms with E-state index >= 15 is 0 Å². The highest BCUT2D eigenvalue weighted by Crippen LogP contribution is 2.15. The SMILES string of the molecule is CC1CN(CC=O)CCC1O. The van der Waals surface area contributed by atoms with Gasteiger partial charge in [0.2, 0.25) is 0 Å². The maximum absolute atomic E-state index is 10.2. The molecule has 0 amide bonds. The first-order valence-corrected chi connectivity index (χ1v) is 4.08. The minimum Gasteiger partial charge on any atom is -0.393 e. The van der Waals surface area contributed by atoms with E-state index in [0.29, 0.717) is 12.5 Å². The second-order valence-corrected chi connectivity index (χ2v) is 3.26. The number of hydrogen-bond acceptors (Lipinski definition) is 3. The van der Waals surface area contributed by atoms with Crippen LogP contribution >= 0.6 is 0 Å². The Morgan fingerprint density at radius 3 is 3.00 bits per heavy atom. The lowest BCUT2D eigenvalue weighted by molar-refractivity contribution is -0.109. The molecule has 0 aromatic carbocycles. The third-order valence-corrected chi connectivity index (χ3v) is 2.28. The quantitative estimate of drug-likeness (QED) is 0.568.